The molecule has 1 fully saturated rings. The van der Waals surface area contributed by atoms with Crippen molar-refractivity contribution in [3.05, 3.63) is 82.7 Å². The summed E-state index contributed by atoms with van der Waals surface area (Å²) >= 11 is 0. The second-order valence-corrected chi connectivity index (χ2v) is 8.35. The lowest BCUT2D eigenvalue weighted by Gasteiger charge is -2.38. The van der Waals surface area contributed by atoms with Gasteiger partial charge in [0.25, 0.3) is 5.91 Å². The van der Waals surface area contributed by atoms with Crippen molar-refractivity contribution in [1.82, 2.24) is 15.1 Å². The predicted octanol–water partition coefficient (Wildman–Crippen LogP) is 4.59. The molecular formula is C25H31F2N3O. The molecule has 6 heteroatoms. The van der Waals surface area contributed by atoms with Gasteiger partial charge in [-0.15, -0.1) is 0 Å². The number of carbonyl (C=O) groups is 1. The minimum atomic E-state index is -0.635. The Balaban J connectivity index is 1.79. The lowest BCUT2D eigenvalue weighted by Crippen LogP contribution is -2.44. The third-order valence-corrected chi connectivity index (χ3v) is 6.36. The molecule has 3 rings (SSSR count). The third-order valence-electron chi connectivity index (χ3n) is 6.36. The van der Waals surface area contributed by atoms with E-state index in [1.807, 2.05) is 13.1 Å². The number of rotatable bonds is 6. The van der Waals surface area contributed by atoms with E-state index >= 15 is 0 Å². The number of hydrogen-bond acceptors (Lipinski definition) is 3. The molecule has 0 aliphatic carbocycles. The van der Waals surface area contributed by atoms with Crippen molar-refractivity contribution < 1.29 is 13.6 Å². The lowest BCUT2D eigenvalue weighted by atomic mass is 9.93. The fourth-order valence-electron chi connectivity index (χ4n) is 4.22. The van der Waals surface area contributed by atoms with Gasteiger partial charge in [0.2, 0.25) is 0 Å². The van der Waals surface area contributed by atoms with E-state index in [1.165, 1.54) is 31.9 Å². The van der Waals surface area contributed by atoms with E-state index in [9.17, 15) is 13.6 Å². The standard InChI is InChI=1S/C25H31F2N3O/c1-6-23-17(3)16(2)21(15-30(23)14-20-9-7-8-12-29(20)5)25(31)28-13-19-10-11-22(26)18(4)24(19)27/h6,10-11,15,20H,1-2,7-9,12-14H2,3-5H3,(H,28,31). The van der Waals surface area contributed by atoms with Crippen molar-refractivity contribution in [2.75, 3.05) is 20.1 Å². The number of likely N-dealkylation sites (N-methyl/N-ethyl adjacent to an activating group) is 1. The van der Waals surface area contributed by atoms with Crippen LogP contribution < -0.4 is 5.32 Å². The molecule has 1 aromatic carbocycles. The Kier molecular flexibility index (Phi) is 7.11. The minimum Gasteiger partial charge on any atom is -0.348 e. The van der Waals surface area contributed by atoms with Crippen LogP contribution >= 0.6 is 0 Å². The molecule has 1 N–H and O–H groups in total. The first-order chi connectivity index (χ1) is 14.7. The van der Waals surface area contributed by atoms with E-state index in [0.717, 1.165) is 30.8 Å². The Labute approximate surface area is 183 Å². The van der Waals surface area contributed by atoms with Crippen LogP contribution in [-0.2, 0) is 11.3 Å². The predicted molar refractivity (Wildman–Crippen MR) is 120 cm³/mol. The first-order valence-corrected chi connectivity index (χ1v) is 10.7. The molecule has 0 radical (unpaired) electrons. The molecule has 2 aliphatic rings. The molecule has 1 unspecified atom stereocenters. The van der Waals surface area contributed by atoms with Crippen LogP contribution in [0, 0.1) is 18.6 Å². The van der Waals surface area contributed by atoms with Crippen LogP contribution in [0.2, 0.25) is 0 Å². The molecule has 31 heavy (non-hydrogen) atoms. The van der Waals surface area contributed by atoms with Gasteiger partial charge >= 0.3 is 0 Å². The number of piperidine rings is 1. The number of hydrogen-bond donors (Lipinski definition) is 1. The van der Waals surface area contributed by atoms with E-state index in [0.29, 0.717) is 17.2 Å². The molecule has 1 aromatic rings. The first-order valence-electron chi connectivity index (χ1n) is 10.7. The number of allylic oxidation sites excluding steroid dienone is 2. The van der Waals surface area contributed by atoms with Crippen LogP contribution in [0.25, 0.3) is 0 Å². The summed E-state index contributed by atoms with van der Waals surface area (Å²) in [6, 6.07) is 2.96. The summed E-state index contributed by atoms with van der Waals surface area (Å²) in [6.07, 6.45) is 7.12. The summed E-state index contributed by atoms with van der Waals surface area (Å²) < 4.78 is 27.8. The van der Waals surface area contributed by atoms with Crippen LogP contribution in [0.5, 0.6) is 0 Å². The molecule has 166 valence electrons. The molecular weight excluding hydrogens is 396 g/mol. The summed E-state index contributed by atoms with van der Waals surface area (Å²) in [4.78, 5) is 17.4. The molecule has 4 nitrogen and oxygen atoms in total. The minimum absolute atomic E-state index is 0.0289. The number of halogens is 2. The molecule has 2 aliphatic heterocycles. The Morgan fingerprint density at radius 2 is 2.03 bits per heavy atom. The molecule has 0 aromatic heterocycles. The third kappa shape index (κ3) is 4.79. The molecule has 0 bridgehead atoms. The SMILES string of the molecule is C=CC1=C(C)C(=C)C(C(=O)NCc2ccc(F)c(C)c2F)=CN1CC1CCCCN1C. The zero-order chi connectivity index (χ0) is 22.7. The van der Waals surface area contributed by atoms with Crippen molar-refractivity contribution in [3.8, 4) is 0 Å². The van der Waals surface area contributed by atoms with Crippen molar-refractivity contribution in [1.29, 1.82) is 0 Å². The average molecular weight is 428 g/mol. The molecule has 0 saturated carbocycles. The fourth-order valence-corrected chi connectivity index (χ4v) is 4.22. The Bertz CT molecular complexity index is 964. The van der Waals surface area contributed by atoms with Crippen LogP contribution in [0.4, 0.5) is 8.78 Å². The largest absolute Gasteiger partial charge is 0.348 e. The Morgan fingerprint density at radius 3 is 2.71 bits per heavy atom. The van der Waals surface area contributed by atoms with E-state index in [-0.39, 0.29) is 23.6 Å². The zero-order valence-electron chi connectivity index (χ0n) is 18.6. The van der Waals surface area contributed by atoms with Crippen LogP contribution in [0.15, 0.2) is 60.0 Å². The zero-order valence-corrected chi connectivity index (χ0v) is 18.6. The van der Waals surface area contributed by atoms with Crippen molar-refractivity contribution in [3.63, 3.8) is 0 Å². The van der Waals surface area contributed by atoms with Crippen molar-refractivity contribution >= 4 is 5.91 Å². The van der Waals surface area contributed by atoms with E-state index in [4.69, 9.17) is 0 Å². The maximum absolute atomic E-state index is 14.3. The van der Waals surface area contributed by atoms with Crippen molar-refractivity contribution in [2.24, 2.45) is 0 Å². The van der Waals surface area contributed by atoms with E-state index in [2.05, 4.69) is 35.3 Å². The van der Waals surface area contributed by atoms with Crippen molar-refractivity contribution in [2.45, 2.75) is 45.7 Å². The maximum Gasteiger partial charge on any atom is 0.253 e. The van der Waals surface area contributed by atoms with Gasteiger partial charge < -0.3 is 15.1 Å². The Morgan fingerprint density at radius 1 is 1.29 bits per heavy atom. The van der Waals surface area contributed by atoms with Gasteiger partial charge in [-0.3, -0.25) is 4.79 Å². The monoisotopic (exact) mass is 427 g/mol. The van der Waals surface area contributed by atoms with Gasteiger partial charge in [0.1, 0.15) is 11.6 Å². The summed E-state index contributed by atoms with van der Waals surface area (Å²) in [6.45, 7) is 13.1. The molecule has 2 heterocycles. The van der Waals surface area contributed by atoms with Gasteiger partial charge in [-0.05, 0) is 63.6 Å². The van der Waals surface area contributed by atoms with Gasteiger partial charge in [0.05, 0.1) is 5.57 Å². The highest BCUT2D eigenvalue weighted by Crippen LogP contribution is 2.31. The second-order valence-electron chi connectivity index (χ2n) is 8.35. The topological polar surface area (TPSA) is 35.6 Å². The molecule has 0 spiro atoms. The maximum atomic E-state index is 14.3. The first kappa shape index (κ1) is 22.9. The summed E-state index contributed by atoms with van der Waals surface area (Å²) in [5.74, 6) is -1.57. The second kappa shape index (κ2) is 9.60. The van der Waals surface area contributed by atoms with E-state index in [1.54, 1.807) is 6.08 Å². The van der Waals surface area contributed by atoms with Gasteiger partial charge in [-0.1, -0.05) is 25.6 Å². The summed E-state index contributed by atoms with van der Waals surface area (Å²) in [7, 11) is 2.13. The number of amides is 1. The van der Waals surface area contributed by atoms with Crippen LogP contribution in [0.1, 0.15) is 37.3 Å². The van der Waals surface area contributed by atoms with Crippen LogP contribution in [0.3, 0.4) is 0 Å². The number of benzene rings is 1. The molecule has 1 amide bonds. The lowest BCUT2D eigenvalue weighted by molar-refractivity contribution is -0.117. The normalized spacial score (nSPS) is 20.0. The molecule has 1 saturated heterocycles. The van der Waals surface area contributed by atoms with Gasteiger partial charge in [0, 0.05) is 42.2 Å². The van der Waals surface area contributed by atoms with Gasteiger partial charge in [-0.25, -0.2) is 8.78 Å². The summed E-state index contributed by atoms with van der Waals surface area (Å²) in [5.41, 5.74) is 3.10. The highest BCUT2D eigenvalue weighted by Gasteiger charge is 2.28. The van der Waals surface area contributed by atoms with Gasteiger partial charge in [0.15, 0.2) is 0 Å². The van der Waals surface area contributed by atoms with E-state index < -0.39 is 11.6 Å². The average Bonchev–Trinajstić information content (AvgIpc) is 2.75. The highest BCUT2D eigenvalue weighted by molar-refractivity contribution is 5.99. The summed E-state index contributed by atoms with van der Waals surface area (Å²) in [5, 5.41) is 2.76. The number of likely N-dealkylation sites (tertiary alicyclic amines) is 1. The molecule has 1 atom stereocenters. The number of nitrogens with one attached hydrogen (secondary N) is 1. The van der Waals surface area contributed by atoms with Gasteiger partial charge in [-0.2, -0.15) is 0 Å². The fraction of sp³-hybridized carbons (Fsp3) is 0.400. The smallest absolute Gasteiger partial charge is 0.253 e. The highest BCUT2D eigenvalue weighted by atomic mass is 19.1. The van der Waals surface area contributed by atoms with Crippen LogP contribution in [-0.4, -0.2) is 41.9 Å². The Hall–Kier alpha value is -2.73. The number of nitrogens with zero attached hydrogens (tertiary/aromatic N) is 2. The number of carbonyl (C=O) groups excluding carboxylic acids is 1. The quantitative estimate of drug-likeness (QED) is 0.721.